The van der Waals surface area contributed by atoms with Gasteiger partial charge in [0.05, 0.1) is 17.1 Å². The maximum absolute atomic E-state index is 6.30. The van der Waals surface area contributed by atoms with Gasteiger partial charge in [-0.25, -0.2) is 9.67 Å². The largest absolute Gasteiger partial charge is 0.380 e. The molecule has 0 amide bonds. The van der Waals surface area contributed by atoms with Crippen molar-refractivity contribution in [3.05, 3.63) is 45.5 Å². The molecule has 118 valence electrons. The van der Waals surface area contributed by atoms with E-state index in [1.165, 1.54) is 0 Å². The molecule has 2 aromatic heterocycles. The normalized spacial score (nSPS) is 17.3. The van der Waals surface area contributed by atoms with Crippen molar-refractivity contribution in [1.82, 2.24) is 19.7 Å². The predicted molar refractivity (Wildman–Crippen MR) is 94.9 cm³/mol. The zero-order chi connectivity index (χ0) is 16.0. The number of pyridine rings is 1. The molecule has 0 saturated heterocycles. The van der Waals surface area contributed by atoms with E-state index in [9.17, 15) is 0 Å². The number of hydrogen-bond donors (Lipinski definition) is 1. The van der Waals surface area contributed by atoms with Crippen molar-refractivity contribution < 1.29 is 0 Å². The first kappa shape index (κ1) is 14.9. The third-order valence-electron chi connectivity index (χ3n) is 4.09. The Morgan fingerprint density at radius 1 is 1.39 bits per heavy atom. The molecule has 1 atom stereocenters. The second-order valence-electron chi connectivity index (χ2n) is 5.78. The van der Waals surface area contributed by atoms with Crippen molar-refractivity contribution >= 4 is 44.1 Å². The fraction of sp³-hybridized carbons (Fsp3) is 0.312. The van der Waals surface area contributed by atoms with Gasteiger partial charge in [-0.15, -0.1) is 0 Å². The van der Waals surface area contributed by atoms with Crippen LogP contribution in [0.3, 0.4) is 0 Å². The monoisotopic (exact) mass is 391 g/mol. The second kappa shape index (κ2) is 5.76. The van der Waals surface area contributed by atoms with Crippen molar-refractivity contribution in [2.45, 2.75) is 32.4 Å². The van der Waals surface area contributed by atoms with E-state index in [4.69, 9.17) is 11.6 Å². The third-order valence-corrected chi connectivity index (χ3v) is 4.83. The summed E-state index contributed by atoms with van der Waals surface area (Å²) in [5, 5.41) is 9.75. The van der Waals surface area contributed by atoms with Gasteiger partial charge in [-0.1, -0.05) is 27.5 Å². The zero-order valence-electron chi connectivity index (χ0n) is 12.6. The molecule has 1 N–H and O–H groups in total. The van der Waals surface area contributed by atoms with E-state index in [1.54, 1.807) is 6.20 Å². The van der Waals surface area contributed by atoms with E-state index in [0.717, 1.165) is 52.1 Å². The molecule has 0 bridgehead atoms. The number of halogens is 2. The predicted octanol–water partition coefficient (Wildman–Crippen LogP) is 3.98. The fourth-order valence-electron chi connectivity index (χ4n) is 3.08. The molecule has 1 unspecified atom stereocenters. The van der Waals surface area contributed by atoms with Crippen LogP contribution < -0.4 is 5.32 Å². The molecule has 5 nitrogen and oxygen atoms in total. The summed E-state index contributed by atoms with van der Waals surface area (Å²) < 4.78 is 2.95. The Hall–Kier alpha value is -1.66. The molecule has 0 aliphatic carbocycles. The highest BCUT2D eigenvalue weighted by Gasteiger charge is 2.21. The minimum absolute atomic E-state index is 0.312. The van der Waals surface area contributed by atoms with E-state index in [2.05, 4.69) is 36.3 Å². The number of hydrogen-bond acceptors (Lipinski definition) is 4. The number of aryl methyl sites for hydroxylation is 2. The standard InChI is InChI=1S/C16H15BrClN5/c1-9-20-15-3-2-11(8-23(15)22-9)21-14-4-5-19-16-12(14)6-10(17)7-13(16)18/h4-7,11H,2-3,8H2,1H3,(H,19,21). The van der Waals surface area contributed by atoms with E-state index in [0.29, 0.717) is 11.1 Å². The van der Waals surface area contributed by atoms with E-state index < -0.39 is 0 Å². The van der Waals surface area contributed by atoms with Gasteiger partial charge in [-0.2, -0.15) is 5.10 Å². The lowest BCUT2D eigenvalue weighted by atomic mass is 10.1. The van der Waals surface area contributed by atoms with Gasteiger partial charge < -0.3 is 5.32 Å². The highest BCUT2D eigenvalue weighted by atomic mass is 79.9. The Kier molecular flexibility index (Phi) is 3.73. The molecule has 0 radical (unpaired) electrons. The summed E-state index contributed by atoms with van der Waals surface area (Å²) in [6.07, 6.45) is 3.76. The van der Waals surface area contributed by atoms with Gasteiger partial charge in [0.1, 0.15) is 11.6 Å². The molecule has 23 heavy (non-hydrogen) atoms. The lowest BCUT2D eigenvalue weighted by Gasteiger charge is -2.25. The molecular formula is C16H15BrClN5. The number of nitrogens with zero attached hydrogens (tertiary/aromatic N) is 4. The number of anilines is 1. The molecule has 7 heteroatoms. The first-order chi connectivity index (χ1) is 11.1. The third kappa shape index (κ3) is 2.81. The number of fused-ring (bicyclic) bond motifs is 2. The van der Waals surface area contributed by atoms with E-state index >= 15 is 0 Å². The lowest BCUT2D eigenvalue weighted by Crippen LogP contribution is -2.32. The van der Waals surface area contributed by atoms with Gasteiger partial charge in [-0.3, -0.25) is 4.98 Å². The van der Waals surface area contributed by atoms with Gasteiger partial charge in [0.2, 0.25) is 0 Å². The van der Waals surface area contributed by atoms with Crippen LogP contribution in [0.5, 0.6) is 0 Å². The molecule has 1 aliphatic rings. The number of rotatable bonds is 2. The highest BCUT2D eigenvalue weighted by molar-refractivity contribution is 9.10. The van der Waals surface area contributed by atoms with Crippen molar-refractivity contribution in [3.63, 3.8) is 0 Å². The zero-order valence-corrected chi connectivity index (χ0v) is 14.9. The maximum Gasteiger partial charge on any atom is 0.147 e. The Bertz CT molecular complexity index is 892. The Balaban J connectivity index is 1.66. The molecule has 4 rings (SSSR count). The van der Waals surface area contributed by atoms with Crippen LogP contribution in [-0.4, -0.2) is 25.8 Å². The molecule has 0 saturated carbocycles. The highest BCUT2D eigenvalue weighted by Crippen LogP contribution is 2.32. The fourth-order valence-corrected chi connectivity index (χ4v) is 3.93. The molecule has 1 aliphatic heterocycles. The summed E-state index contributed by atoms with van der Waals surface area (Å²) in [5.41, 5.74) is 1.86. The van der Waals surface area contributed by atoms with E-state index in [-0.39, 0.29) is 0 Å². The van der Waals surface area contributed by atoms with Crippen LogP contribution in [0.2, 0.25) is 5.02 Å². The summed E-state index contributed by atoms with van der Waals surface area (Å²) in [5.74, 6) is 1.91. The number of nitrogens with one attached hydrogen (secondary N) is 1. The van der Waals surface area contributed by atoms with Crippen LogP contribution in [0, 0.1) is 6.92 Å². The molecule has 3 heterocycles. The minimum atomic E-state index is 0.312. The SMILES string of the molecule is Cc1nc2n(n1)CC(Nc1ccnc3c(Cl)cc(Br)cc13)CC2. The Morgan fingerprint density at radius 2 is 2.26 bits per heavy atom. The Labute approximate surface area is 147 Å². The smallest absolute Gasteiger partial charge is 0.147 e. The summed E-state index contributed by atoms with van der Waals surface area (Å²) in [6, 6.07) is 6.22. The summed E-state index contributed by atoms with van der Waals surface area (Å²) in [4.78, 5) is 8.85. The van der Waals surface area contributed by atoms with Crippen LogP contribution in [-0.2, 0) is 13.0 Å². The topological polar surface area (TPSA) is 55.6 Å². The minimum Gasteiger partial charge on any atom is -0.380 e. The van der Waals surface area contributed by atoms with Gasteiger partial charge in [-0.05, 0) is 31.5 Å². The molecular weight excluding hydrogens is 378 g/mol. The van der Waals surface area contributed by atoms with Crippen LogP contribution in [0.25, 0.3) is 10.9 Å². The number of benzene rings is 1. The summed E-state index contributed by atoms with van der Waals surface area (Å²) in [6.45, 7) is 2.76. The maximum atomic E-state index is 6.30. The average molecular weight is 393 g/mol. The molecule has 3 aromatic rings. The quantitative estimate of drug-likeness (QED) is 0.717. The first-order valence-corrected chi connectivity index (χ1v) is 8.68. The summed E-state index contributed by atoms with van der Waals surface area (Å²) in [7, 11) is 0. The van der Waals surface area contributed by atoms with Crippen molar-refractivity contribution in [2.75, 3.05) is 5.32 Å². The molecule has 0 fully saturated rings. The van der Waals surface area contributed by atoms with Gasteiger partial charge in [0.25, 0.3) is 0 Å². The Morgan fingerprint density at radius 3 is 3.13 bits per heavy atom. The van der Waals surface area contributed by atoms with Crippen LogP contribution in [0.1, 0.15) is 18.1 Å². The summed E-state index contributed by atoms with van der Waals surface area (Å²) >= 11 is 9.81. The lowest BCUT2D eigenvalue weighted by molar-refractivity contribution is 0.441. The van der Waals surface area contributed by atoms with Crippen LogP contribution in [0.4, 0.5) is 5.69 Å². The molecule has 0 spiro atoms. The first-order valence-electron chi connectivity index (χ1n) is 7.51. The van der Waals surface area contributed by atoms with Crippen molar-refractivity contribution in [2.24, 2.45) is 0 Å². The van der Waals surface area contributed by atoms with Gasteiger partial charge in [0.15, 0.2) is 0 Å². The van der Waals surface area contributed by atoms with Crippen molar-refractivity contribution in [3.8, 4) is 0 Å². The molecule has 1 aromatic carbocycles. The number of aromatic nitrogens is 4. The van der Waals surface area contributed by atoms with Crippen molar-refractivity contribution in [1.29, 1.82) is 0 Å². The van der Waals surface area contributed by atoms with Gasteiger partial charge in [0, 0.05) is 34.2 Å². The van der Waals surface area contributed by atoms with E-state index in [1.807, 2.05) is 29.8 Å². The van der Waals surface area contributed by atoms with Gasteiger partial charge >= 0.3 is 0 Å². The van der Waals surface area contributed by atoms with Crippen LogP contribution in [0.15, 0.2) is 28.9 Å². The second-order valence-corrected chi connectivity index (χ2v) is 7.10. The average Bonchev–Trinajstić information content (AvgIpc) is 2.87. The van der Waals surface area contributed by atoms with Crippen LogP contribution >= 0.6 is 27.5 Å².